The predicted octanol–water partition coefficient (Wildman–Crippen LogP) is 3.67. The third-order valence-corrected chi connectivity index (χ3v) is 6.71. The van der Waals surface area contributed by atoms with Crippen LogP contribution in [0.25, 0.3) is 10.1 Å². The van der Waals surface area contributed by atoms with Gasteiger partial charge in [0, 0.05) is 43.3 Å². The zero-order valence-corrected chi connectivity index (χ0v) is 16.7. The molecule has 6 heteroatoms. The lowest BCUT2D eigenvalue weighted by Crippen LogP contribution is -2.50. The quantitative estimate of drug-likeness (QED) is 0.733. The largest absolute Gasteiger partial charge is 0.348 e. The van der Waals surface area contributed by atoms with Crippen LogP contribution in [0.5, 0.6) is 0 Å². The van der Waals surface area contributed by atoms with E-state index in [9.17, 15) is 4.79 Å². The molecule has 3 aromatic rings. The van der Waals surface area contributed by atoms with E-state index in [1.807, 2.05) is 37.6 Å². The summed E-state index contributed by atoms with van der Waals surface area (Å²) in [5.74, 6) is 1.63. The van der Waals surface area contributed by atoms with E-state index in [0.29, 0.717) is 5.92 Å². The summed E-state index contributed by atoms with van der Waals surface area (Å²) in [4.78, 5) is 20.5. The summed E-state index contributed by atoms with van der Waals surface area (Å²) in [7, 11) is 2.04. The molecule has 0 aliphatic carbocycles. The van der Waals surface area contributed by atoms with Crippen molar-refractivity contribution >= 4 is 27.3 Å². The van der Waals surface area contributed by atoms with Crippen LogP contribution in [0.4, 0.5) is 0 Å². The number of benzene rings is 1. The number of fused-ring (bicyclic) bond motifs is 1. The van der Waals surface area contributed by atoms with Gasteiger partial charge in [0.2, 0.25) is 0 Å². The summed E-state index contributed by atoms with van der Waals surface area (Å²) in [5.41, 5.74) is 0. The summed E-state index contributed by atoms with van der Waals surface area (Å²) < 4.78 is 3.25. The van der Waals surface area contributed by atoms with Crippen LogP contribution in [0, 0.1) is 5.92 Å². The van der Waals surface area contributed by atoms with Gasteiger partial charge in [-0.15, -0.1) is 11.3 Å². The SMILES string of the molecule is CC[C@@H]1CN(Cc2nccn2C)CC[C@@H]1NC(=O)c1cc2ccccc2s1. The van der Waals surface area contributed by atoms with Crippen LogP contribution in [0.15, 0.2) is 42.7 Å². The van der Waals surface area contributed by atoms with Crippen molar-refractivity contribution < 1.29 is 4.79 Å². The molecule has 0 saturated carbocycles. The Morgan fingerprint density at radius 1 is 1.37 bits per heavy atom. The molecule has 1 N–H and O–H groups in total. The van der Waals surface area contributed by atoms with Gasteiger partial charge in [0.15, 0.2) is 0 Å². The second kappa shape index (κ2) is 7.82. The molecular formula is C21H26N4OS. The van der Waals surface area contributed by atoms with Gasteiger partial charge < -0.3 is 9.88 Å². The van der Waals surface area contributed by atoms with Gasteiger partial charge in [-0.1, -0.05) is 31.5 Å². The Bertz CT molecular complexity index is 898. The van der Waals surface area contributed by atoms with Crippen LogP contribution >= 0.6 is 11.3 Å². The molecule has 3 heterocycles. The molecule has 1 aliphatic rings. The second-order valence-corrected chi connectivity index (χ2v) is 8.46. The number of nitrogens with one attached hydrogen (secondary N) is 1. The molecule has 0 spiro atoms. The Morgan fingerprint density at radius 2 is 2.22 bits per heavy atom. The van der Waals surface area contributed by atoms with Crippen molar-refractivity contribution in [2.45, 2.75) is 32.4 Å². The van der Waals surface area contributed by atoms with Gasteiger partial charge in [0.05, 0.1) is 11.4 Å². The molecule has 1 fully saturated rings. The van der Waals surface area contributed by atoms with Crippen molar-refractivity contribution in [2.24, 2.45) is 13.0 Å². The molecule has 0 bridgehead atoms. The van der Waals surface area contributed by atoms with Crippen LogP contribution in [0.1, 0.15) is 35.3 Å². The molecule has 0 unspecified atom stereocenters. The minimum absolute atomic E-state index is 0.0669. The van der Waals surface area contributed by atoms with Crippen molar-refractivity contribution in [1.82, 2.24) is 19.8 Å². The lowest BCUT2D eigenvalue weighted by Gasteiger charge is -2.38. The zero-order chi connectivity index (χ0) is 18.8. The van der Waals surface area contributed by atoms with Crippen molar-refractivity contribution in [1.29, 1.82) is 0 Å². The lowest BCUT2D eigenvalue weighted by atomic mass is 9.89. The number of carbonyl (C=O) groups excluding carboxylic acids is 1. The fourth-order valence-corrected chi connectivity index (χ4v) is 4.90. The fraction of sp³-hybridized carbons (Fsp3) is 0.429. The molecule has 5 nitrogen and oxygen atoms in total. The van der Waals surface area contributed by atoms with Gasteiger partial charge in [0.1, 0.15) is 5.82 Å². The van der Waals surface area contributed by atoms with Crippen molar-refractivity contribution in [3.05, 3.63) is 53.4 Å². The van der Waals surface area contributed by atoms with E-state index in [4.69, 9.17) is 0 Å². The van der Waals surface area contributed by atoms with Crippen LogP contribution in [-0.4, -0.2) is 39.5 Å². The van der Waals surface area contributed by atoms with Crippen LogP contribution in [-0.2, 0) is 13.6 Å². The zero-order valence-electron chi connectivity index (χ0n) is 15.9. The number of imidazole rings is 1. The summed E-state index contributed by atoms with van der Waals surface area (Å²) in [6, 6.07) is 10.4. The second-order valence-electron chi connectivity index (χ2n) is 7.37. The van der Waals surface area contributed by atoms with Crippen molar-refractivity contribution in [3.8, 4) is 0 Å². The van der Waals surface area contributed by atoms with E-state index in [0.717, 1.165) is 48.6 Å². The molecule has 1 aromatic carbocycles. The van der Waals surface area contributed by atoms with E-state index in [-0.39, 0.29) is 11.9 Å². The van der Waals surface area contributed by atoms with E-state index in [1.165, 1.54) is 4.70 Å². The number of aromatic nitrogens is 2. The number of thiophene rings is 1. The highest BCUT2D eigenvalue weighted by molar-refractivity contribution is 7.20. The van der Waals surface area contributed by atoms with Crippen LogP contribution in [0.2, 0.25) is 0 Å². The maximum Gasteiger partial charge on any atom is 0.261 e. The number of carbonyl (C=O) groups is 1. The number of rotatable bonds is 5. The Labute approximate surface area is 164 Å². The third kappa shape index (κ3) is 3.92. The number of aryl methyl sites for hydroxylation is 1. The number of hydrogen-bond acceptors (Lipinski definition) is 4. The van der Waals surface area contributed by atoms with E-state index in [1.54, 1.807) is 11.3 Å². The molecule has 0 radical (unpaired) electrons. The first kappa shape index (κ1) is 18.2. The first-order chi connectivity index (χ1) is 13.1. The van der Waals surface area contributed by atoms with Gasteiger partial charge in [-0.05, 0) is 29.9 Å². The van der Waals surface area contributed by atoms with E-state index >= 15 is 0 Å². The summed E-state index contributed by atoms with van der Waals surface area (Å²) in [6.45, 7) is 5.08. The number of likely N-dealkylation sites (tertiary alicyclic amines) is 1. The Morgan fingerprint density at radius 3 is 2.96 bits per heavy atom. The van der Waals surface area contributed by atoms with Crippen molar-refractivity contribution in [2.75, 3.05) is 13.1 Å². The molecule has 2 atom stereocenters. The number of piperidine rings is 1. The molecule has 142 valence electrons. The maximum absolute atomic E-state index is 12.8. The first-order valence-electron chi connectivity index (χ1n) is 9.62. The smallest absolute Gasteiger partial charge is 0.261 e. The molecular weight excluding hydrogens is 356 g/mol. The minimum atomic E-state index is 0.0669. The molecule has 27 heavy (non-hydrogen) atoms. The highest BCUT2D eigenvalue weighted by atomic mass is 32.1. The third-order valence-electron chi connectivity index (χ3n) is 5.59. The van der Waals surface area contributed by atoms with Gasteiger partial charge in [-0.3, -0.25) is 9.69 Å². The standard InChI is InChI=1S/C21H26N4OS/c1-3-15-13-25(14-20-22-9-11-24(20)2)10-8-17(15)23-21(26)19-12-16-6-4-5-7-18(16)27-19/h4-7,9,11-12,15,17H,3,8,10,13-14H2,1-2H3,(H,23,26)/t15-,17+/m1/s1. The summed E-state index contributed by atoms with van der Waals surface area (Å²) in [5, 5.41) is 4.46. The highest BCUT2D eigenvalue weighted by Gasteiger charge is 2.30. The normalized spacial score (nSPS) is 20.8. The van der Waals surface area contributed by atoms with Gasteiger partial charge in [-0.2, -0.15) is 0 Å². The Balaban J connectivity index is 1.40. The summed E-state index contributed by atoms with van der Waals surface area (Å²) in [6.07, 6.45) is 5.89. The molecule has 2 aromatic heterocycles. The van der Waals surface area contributed by atoms with Gasteiger partial charge in [-0.25, -0.2) is 4.98 Å². The van der Waals surface area contributed by atoms with E-state index < -0.39 is 0 Å². The van der Waals surface area contributed by atoms with E-state index in [2.05, 4.69) is 38.8 Å². The van der Waals surface area contributed by atoms with Crippen molar-refractivity contribution in [3.63, 3.8) is 0 Å². The fourth-order valence-electron chi connectivity index (χ4n) is 3.94. The maximum atomic E-state index is 12.8. The Hall–Kier alpha value is -2.18. The monoisotopic (exact) mass is 382 g/mol. The number of nitrogens with zero attached hydrogens (tertiary/aromatic N) is 3. The van der Waals surface area contributed by atoms with Crippen LogP contribution < -0.4 is 5.32 Å². The van der Waals surface area contributed by atoms with Gasteiger partial charge >= 0.3 is 0 Å². The number of amides is 1. The summed E-state index contributed by atoms with van der Waals surface area (Å²) >= 11 is 1.57. The molecule has 4 rings (SSSR count). The topological polar surface area (TPSA) is 50.2 Å². The first-order valence-corrected chi connectivity index (χ1v) is 10.4. The Kier molecular flexibility index (Phi) is 5.27. The molecule has 1 amide bonds. The highest BCUT2D eigenvalue weighted by Crippen LogP contribution is 2.27. The minimum Gasteiger partial charge on any atom is -0.348 e. The van der Waals surface area contributed by atoms with Crippen LogP contribution in [0.3, 0.4) is 0 Å². The van der Waals surface area contributed by atoms with Gasteiger partial charge in [0.25, 0.3) is 5.91 Å². The average Bonchev–Trinajstić information content (AvgIpc) is 3.29. The molecule has 1 saturated heterocycles. The number of hydrogen-bond donors (Lipinski definition) is 1. The average molecular weight is 383 g/mol. The lowest BCUT2D eigenvalue weighted by molar-refractivity contribution is 0.0840. The predicted molar refractivity (Wildman–Crippen MR) is 110 cm³/mol. The molecule has 1 aliphatic heterocycles.